The zero-order chi connectivity index (χ0) is 20.4. The summed E-state index contributed by atoms with van der Waals surface area (Å²) in [6.45, 7) is 0. The van der Waals surface area contributed by atoms with E-state index in [1.54, 1.807) is 18.2 Å². The summed E-state index contributed by atoms with van der Waals surface area (Å²) in [4.78, 5) is 38.4. The molecule has 8 nitrogen and oxygen atoms in total. The van der Waals surface area contributed by atoms with Gasteiger partial charge in [0.25, 0.3) is 11.8 Å². The summed E-state index contributed by atoms with van der Waals surface area (Å²) in [5, 5.41) is 12.1. The van der Waals surface area contributed by atoms with Gasteiger partial charge in [-0.3, -0.25) is 14.9 Å². The molecule has 0 atom stereocenters. The molecule has 144 valence electrons. The summed E-state index contributed by atoms with van der Waals surface area (Å²) in [5.74, 6) is -1.29. The molecule has 28 heavy (non-hydrogen) atoms. The maximum absolute atomic E-state index is 13.0. The van der Waals surface area contributed by atoms with Crippen LogP contribution in [-0.4, -0.2) is 37.2 Å². The van der Waals surface area contributed by atoms with Gasteiger partial charge in [0.1, 0.15) is 11.3 Å². The van der Waals surface area contributed by atoms with Crippen molar-refractivity contribution in [2.75, 3.05) is 19.1 Å². The third kappa shape index (κ3) is 3.44. The standard InChI is InChI=1S/C19H15BrN2O6/c1-27-14-6-4-3-5-13(14)22-18(25)11(17(24)21-19(22)26)7-10-8-12(20)16(23)15(9-10)28-2/h3-9,23H,1-2H3,(H,21,24,26)/b11-7-. The van der Waals surface area contributed by atoms with Crippen LogP contribution in [0, 0.1) is 0 Å². The van der Waals surface area contributed by atoms with E-state index in [4.69, 9.17) is 9.47 Å². The Bertz CT molecular complexity index is 1020. The van der Waals surface area contributed by atoms with Crippen molar-refractivity contribution in [1.29, 1.82) is 0 Å². The number of rotatable bonds is 4. The highest BCUT2D eigenvalue weighted by Gasteiger charge is 2.38. The van der Waals surface area contributed by atoms with Gasteiger partial charge in [0.15, 0.2) is 11.5 Å². The van der Waals surface area contributed by atoms with E-state index in [-0.39, 0.29) is 22.8 Å². The fourth-order valence-corrected chi connectivity index (χ4v) is 3.15. The minimum atomic E-state index is -0.874. The Morgan fingerprint density at radius 2 is 1.75 bits per heavy atom. The van der Waals surface area contributed by atoms with Gasteiger partial charge in [-0.15, -0.1) is 0 Å². The second-order valence-corrected chi connectivity index (χ2v) is 6.54. The van der Waals surface area contributed by atoms with Crippen LogP contribution in [0.3, 0.4) is 0 Å². The number of amides is 4. The van der Waals surface area contributed by atoms with E-state index in [2.05, 4.69) is 21.2 Å². The highest BCUT2D eigenvalue weighted by molar-refractivity contribution is 9.10. The number of ether oxygens (including phenoxy) is 2. The largest absolute Gasteiger partial charge is 0.503 e. The SMILES string of the molecule is COc1ccccc1N1C(=O)NC(=O)/C(=C/c2cc(Br)c(O)c(OC)c2)C1=O. The molecular weight excluding hydrogens is 432 g/mol. The number of aromatic hydroxyl groups is 1. The first-order valence-corrected chi connectivity index (χ1v) is 8.77. The number of benzene rings is 2. The molecule has 1 aliphatic rings. The van der Waals surface area contributed by atoms with E-state index in [1.807, 2.05) is 0 Å². The van der Waals surface area contributed by atoms with Gasteiger partial charge in [0.05, 0.1) is 24.4 Å². The second kappa shape index (κ2) is 7.73. The molecule has 0 unspecified atom stereocenters. The predicted molar refractivity (Wildman–Crippen MR) is 104 cm³/mol. The van der Waals surface area contributed by atoms with Crippen molar-refractivity contribution in [2.45, 2.75) is 0 Å². The van der Waals surface area contributed by atoms with E-state index in [0.29, 0.717) is 15.8 Å². The van der Waals surface area contributed by atoms with Crippen LogP contribution in [0.15, 0.2) is 46.4 Å². The van der Waals surface area contributed by atoms with Crippen molar-refractivity contribution < 1.29 is 29.0 Å². The van der Waals surface area contributed by atoms with Gasteiger partial charge in [-0.25, -0.2) is 9.69 Å². The van der Waals surface area contributed by atoms with Crippen LogP contribution in [0.2, 0.25) is 0 Å². The average Bonchev–Trinajstić information content (AvgIpc) is 2.67. The minimum absolute atomic E-state index is 0.116. The highest BCUT2D eigenvalue weighted by atomic mass is 79.9. The van der Waals surface area contributed by atoms with Gasteiger partial charge < -0.3 is 14.6 Å². The third-order valence-corrected chi connectivity index (χ3v) is 4.61. The number of hydrogen-bond acceptors (Lipinski definition) is 6. The van der Waals surface area contributed by atoms with Gasteiger partial charge >= 0.3 is 6.03 Å². The fraction of sp³-hybridized carbons (Fsp3) is 0.105. The van der Waals surface area contributed by atoms with Gasteiger partial charge in [-0.2, -0.15) is 0 Å². The normalized spacial score (nSPS) is 15.6. The number of urea groups is 1. The number of phenols is 1. The molecule has 0 aliphatic carbocycles. The summed E-state index contributed by atoms with van der Waals surface area (Å²) in [7, 11) is 2.78. The minimum Gasteiger partial charge on any atom is -0.503 e. The summed E-state index contributed by atoms with van der Waals surface area (Å²) in [6.07, 6.45) is 1.30. The maximum atomic E-state index is 13.0. The molecule has 2 N–H and O–H groups in total. The maximum Gasteiger partial charge on any atom is 0.336 e. The topological polar surface area (TPSA) is 105 Å². The van der Waals surface area contributed by atoms with Gasteiger partial charge in [-0.1, -0.05) is 12.1 Å². The number of anilines is 1. The van der Waals surface area contributed by atoms with Crippen molar-refractivity contribution in [2.24, 2.45) is 0 Å². The molecule has 0 aromatic heterocycles. The van der Waals surface area contributed by atoms with E-state index < -0.39 is 17.8 Å². The number of halogens is 1. The smallest absolute Gasteiger partial charge is 0.336 e. The first-order chi connectivity index (χ1) is 13.4. The fourth-order valence-electron chi connectivity index (χ4n) is 2.69. The number of para-hydroxylation sites is 2. The number of phenolic OH excluding ortho intramolecular Hbond substituents is 1. The monoisotopic (exact) mass is 446 g/mol. The first-order valence-electron chi connectivity index (χ1n) is 7.98. The molecule has 1 saturated heterocycles. The number of carbonyl (C=O) groups is 3. The van der Waals surface area contributed by atoms with Crippen molar-refractivity contribution in [3.8, 4) is 17.2 Å². The lowest BCUT2D eigenvalue weighted by molar-refractivity contribution is -0.122. The van der Waals surface area contributed by atoms with E-state index in [1.165, 1.54) is 38.5 Å². The van der Waals surface area contributed by atoms with Crippen LogP contribution in [0.25, 0.3) is 6.08 Å². The quantitative estimate of drug-likeness (QED) is 0.552. The van der Waals surface area contributed by atoms with Gasteiger partial charge in [-0.05, 0) is 51.8 Å². The van der Waals surface area contributed by atoms with Crippen LogP contribution < -0.4 is 19.7 Å². The molecule has 0 radical (unpaired) electrons. The zero-order valence-electron chi connectivity index (χ0n) is 14.9. The summed E-state index contributed by atoms with van der Waals surface area (Å²) < 4.78 is 10.6. The number of nitrogens with zero attached hydrogens (tertiary/aromatic N) is 1. The number of nitrogens with one attached hydrogen (secondary N) is 1. The number of hydrogen-bond donors (Lipinski definition) is 2. The molecule has 1 fully saturated rings. The Morgan fingerprint density at radius 1 is 1.07 bits per heavy atom. The van der Waals surface area contributed by atoms with E-state index in [0.717, 1.165) is 4.90 Å². The van der Waals surface area contributed by atoms with Crippen LogP contribution in [0.1, 0.15) is 5.56 Å². The molecular formula is C19H15BrN2O6. The lowest BCUT2D eigenvalue weighted by Gasteiger charge is -2.27. The molecule has 1 heterocycles. The van der Waals surface area contributed by atoms with Crippen LogP contribution in [0.4, 0.5) is 10.5 Å². The molecule has 0 saturated carbocycles. The number of methoxy groups -OCH3 is 2. The average molecular weight is 447 g/mol. The number of carbonyl (C=O) groups excluding carboxylic acids is 3. The van der Waals surface area contributed by atoms with Crippen LogP contribution in [0.5, 0.6) is 17.2 Å². The Balaban J connectivity index is 2.08. The molecule has 2 aromatic rings. The molecule has 9 heteroatoms. The summed E-state index contributed by atoms with van der Waals surface area (Å²) >= 11 is 3.18. The highest BCUT2D eigenvalue weighted by Crippen LogP contribution is 2.36. The number of imide groups is 2. The van der Waals surface area contributed by atoms with Crippen molar-refractivity contribution >= 4 is 45.5 Å². The summed E-state index contributed by atoms with van der Waals surface area (Å²) in [5.41, 5.74) is 0.356. The molecule has 3 rings (SSSR count). The van der Waals surface area contributed by atoms with Crippen molar-refractivity contribution in [1.82, 2.24) is 5.32 Å². The Labute approximate surface area is 168 Å². The molecule has 1 aliphatic heterocycles. The molecule has 2 aromatic carbocycles. The van der Waals surface area contributed by atoms with E-state index in [9.17, 15) is 19.5 Å². The first kappa shape index (κ1) is 19.4. The van der Waals surface area contributed by atoms with E-state index >= 15 is 0 Å². The second-order valence-electron chi connectivity index (χ2n) is 5.68. The lowest BCUT2D eigenvalue weighted by atomic mass is 10.1. The Kier molecular flexibility index (Phi) is 5.36. The lowest BCUT2D eigenvalue weighted by Crippen LogP contribution is -2.54. The van der Waals surface area contributed by atoms with Crippen LogP contribution >= 0.6 is 15.9 Å². The van der Waals surface area contributed by atoms with Crippen LogP contribution in [-0.2, 0) is 9.59 Å². The molecule has 4 amide bonds. The van der Waals surface area contributed by atoms with Crippen molar-refractivity contribution in [3.05, 3.63) is 52.0 Å². The Hall–Kier alpha value is -3.33. The van der Waals surface area contributed by atoms with Gasteiger partial charge in [0.2, 0.25) is 0 Å². The van der Waals surface area contributed by atoms with Crippen molar-refractivity contribution in [3.63, 3.8) is 0 Å². The molecule has 0 bridgehead atoms. The van der Waals surface area contributed by atoms with Gasteiger partial charge in [0, 0.05) is 0 Å². The number of barbiturate groups is 1. The Morgan fingerprint density at radius 3 is 2.43 bits per heavy atom. The summed E-state index contributed by atoms with van der Waals surface area (Å²) in [6, 6.07) is 8.55. The third-order valence-electron chi connectivity index (χ3n) is 4.01. The predicted octanol–water partition coefficient (Wildman–Crippen LogP) is 2.84. The molecule has 0 spiro atoms. The zero-order valence-corrected chi connectivity index (χ0v) is 16.4.